The number of carbonyl (C=O) groups is 1. The first-order valence-corrected chi connectivity index (χ1v) is 8.79. The summed E-state index contributed by atoms with van der Waals surface area (Å²) in [5.41, 5.74) is 1.56. The Morgan fingerprint density at radius 3 is 2.70 bits per heavy atom. The van der Waals surface area contributed by atoms with Crippen LogP contribution in [0.2, 0.25) is 0 Å². The van der Waals surface area contributed by atoms with Crippen molar-refractivity contribution in [3.63, 3.8) is 0 Å². The third-order valence-corrected chi connectivity index (χ3v) is 7.61. The molecule has 4 saturated carbocycles. The Kier molecular flexibility index (Phi) is 2.91. The quantitative estimate of drug-likeness (QED) is 0.581. The van der Waals surface area contributed by atoms with Crippen LogP contribution >= 0.6 is 0 Å². The van der Waals surface area contributed by atoms with Gasteiger partial charge in [-0.05, 0) is 81.0 Å². The van der Waals surface area contributed by atoms with Crippen LogP contribution in [0.15, 0.2) is 12.2 Å². The molecule has 4 rings (SSSR count). The van der Waals surface area contributed by atoms with E-state index in [2.05, 4.69) is 13.5 Å². The molecule has 0 aliphatic heterocycles. The molecule has 0 spiro atoms. The van der Waals surface area contributed by atoms with Gasteiger partial charge in [-0.3, -0.25) is 4.79 Å². The second kappa shape index (κ2) is 4.45. The van der Waals surface area contributed by atoms with E-state index in [1.807, 2.05) is 0 Å². The normalized spacial score (nSPS) is 51.4. The summed E-state index contributed by atoms with van der Waals surface area (Å²) in [4.78, 5) is 12.3. The van der Waals surface area contributed by atoms with Crippen molar-refractivity contribution in [2.45, 2.75) is 64.7 Å². The molecule has 6 atom stereocenters. The second-order valence-electron chi connectivity index (χ2n) is 8.35. The van der Waals surface area contributed by atoms with Crippen LogP contribution in [0.1, 0.15) is 64.7 Å². The summed E-state index contributed by atoms with van der Waals surface area (Å²) in [5, 5.41) is 0. The van der Waals surface area contributed by atoms with E-state index in [4.69, 9.17) is 0 Å². The van der Waals surface area contributed by atoms with Crippen molar-refractivity contribution >= 4 is 5.78 Å². The van der Waals surface area contributed by atoms with Gasteiger partial charge >= 0.3 is 0 Å². The van der Waals surface area contributed by atoms with E-state index in [0.717, 1.165) is 36.0 Å². The van der Waals surface area contributed by atoms with E-state index >= 15 is 0 Å². The molecule has 0 N–H and O–H groups in total. The van der Waals surface area contributed by atoms with Crippen molar-refractivity contribution in [3.05, 3.63) is 12.2 Å². The summed E-state index contributed by atoms with van der Waals surface area (Å²) in [7, 11) is 0. The molecule has 0 bridgehead atoms. The highest BCUT2D eigenvalue weighted by Gasteiger charge is 2.56. The molecule has 0 saturated heterocycles. The van der Waals surface area contributed by atoms with Gasteiger partial charge in [-0.15, -0.1) is 0 Å². The van der Waals surface area contributed by atoms with Gasteiger partial charge in [0.1, 0.15) is 5.78 Å². The Morgan fingerprint density at radius 1 is 1.00 bits per heavy atom. The molecule has 0 amide bonds. The van der Waals surface area contributed by atoms with Crippen LogP contribution in [-0.2, 0) is 4.79 Å². The molecule has 1 heteroatoms. The topological polar surface area (TPSA) is 17.1 Å². The number of ketones is 1. The summed E-state index contributed by atoms with van der Waals surface area (Å²) in [6.07, 6.45) is 11.3. The zero-order chi connectivity index (χ0) is 13.9. The minimum absolute atomic E-state index is 0.0618. The van der Waals surface area contributed by atoms with Crippen LogP contribution in [0, 0.1) is 35.0 Å². The molecule has 0 aromatic carbocycles. The first kappa shape index (κ1) is 13.1. The van der Waals surface area contributed by atoms with E-state index < -0.39 is 0 Å². The van der Waals surface area contributed by atoms with Crippen molar-refractivity contribution in [2.24, 2.45) is 35.0 Å². The molecule has 0 heterocycles. The lowest BCUT2D eigenvalue weighted by atomic mass is 9.50. The molecule has 0 radical (unpaired) electrons. The fourth-order valence-corrected chi connectivity index (χ4v) is 6.55. The lowest BCUT2D eigenvalue weighted by Crippen LogP contribution is -2.48. The molecule has 20 heavy (non-hydrogen) atoms. The number of hydrogen-bond donors (Lipinski definition) is 0. The molecule has 4 aliphatic rings. The molecule has 4 aliphatic carbocycles. The molecule has 1 unspecified atom stereocenters. The van der Waals surface area contributed by atoms with Crippen molar-refractivity contribution in [3.8, 4) is 0 Å². The predicted octanol–water partition coefficient (Wildman–Crippen LogP) is 4.76. The summed E-state index contributed by atoms with van der Waals surface area (Å²) in [5.74, 6) is 5.00. The number of allylic oxidation sites excluding steroid dienone is 1. The Morgan fingerprint density at radius 2 is 1.85 bits per heavy atom. The van der Waals surface area contributed by atoms with Crippen LogP contribution in [-0.4, -0.2) is 5.78 Å². The average molecular weight is 272 g/mol. The fraction of sp³-hybridized carbons (Fsp3) is 0.842. The standard InChI is InChI=1S/C19H28O/c1-12-3-5-14-13(11-12)4-6-16-15(14)9-10-19(2)17(16)7-8-18(19)20/h13-17H,1,3-11H2,2H3/t13-,14?,15-,16-,17+,19+/m1/s1. The van der Waals surface area contributed by atoms with E-state index in [-0.39, 0.29) is 5.41 Å². The second-order valence-corrected chi connectivity index (χ2v) is 8.35. The molecule has 4 fully saturated rings. The number of rotatable bonds is 0. The zero-order valence-corrected chi connectivity index (χ0v) is 12.9. The maximum absolute atomic E-state index is 12.3. The molecule has 0 aromatic rings. The summed E-state index contributed by atoms with van der Waals surface area (Å²) < 4.78 is 0. The Hall–Kier alpha value is -0.590. The van der Waals surface area contributed by atoms with Crippen LogP contribution in [0.3, 0.4) is 0 Å². The molecular weight excluding hydrogens is 244 g/mol. The van der Waals surface area contributed by atoms with Crippen LogP contribution < -0.4 is 0 Å². The lowest BCUT2D eigenvalue weighted by Gasteiger charge is -2.54. The van der Waals surface area contributed by atoms with Gasteiger partial charge in [0.15, 0.2) is 0 Å². The maximum Gasteiger partial charge on any atom is 0.139 e. The molecule has 1 nitrogen and oxygen atoms in total. The third kappa shape index (κ3) is 1.71. The van der Waals surface area contributed by atoms with Crippen molar-refractivity contribution < 1.29 is 4.79 Å². The van der Waals surface area contributed by atoms with Gasteiger partial charge in [0.25, 0.3) is 0 Å². The van der Waals surface area contributed by atoms with Crippen LogP contribution in [0.4, 0.5) is 0 Å². The zero-order valence-electron chi connectivity index (χ0n) is 12.9. The average Bonchev–Trinajstić information content (AvgIpc) is 2.74. The van der Waals surface area contributed by atoms with Gasteiger partial charge < -0.3 is 0 Å². The van der Waals surface area contributed by atoms with Gasteiger partial charge in [-0.25, -0.2) is 0 Å². The Balaban J connectivity index is 1.59. The van der Waals surface area contributed by atoms with E-state index in [1.54, 1.807) is 0 Å². The number of fused-ring (bicyclic) bond motifs is 5. The molecule has 0 aromatic heterocycles. The van der Waals surface area contributed by atoms with E-state index in [0.29, 0.717) is 5.78 Å². The maximum atomic E-state index is 12.3. The lowest BCUT2D eigenvalue weighted by molar-refractivity contribution is -0.132. The monoisotopic (exact) mass is 272 g/mol. The Labute approximate surface area is 123 Å². The fourth-order valence-electron chi connectivity index (χ4n) is 6.55. The van der Waals surface area contributed by atoms with Gasteiger partial charge in [0.05, 0.1) is 0 Å². The van der Waals surface area contributed by atoms with Crippen molar-refractivity contribution in [1.29, 1.82) is 0 Å². The molecular formula is C19H28O. The van der Waals surface area contributed by atoms with E-state index in [1.165, 1.54) is 56.9 Å². The number of hydrogen-bond acceptors (Lipinski definition) is 1. The minimum Gasteiger partial charge on any atom is -0.299 e. The largest absolute Gasteiger partial charge is 0.299 e. The van der Waals surface area contributed by atoms with Crippen LogP contribution in [0.5, 0.6) is 0 Å². The minimum atomic E-state index is 0.0618. The highest BCUT2D eigenvalue weighted by atomic mass is 16.1. The highest BCUT2D eigenvalue weighted by molar-refractivity contribution is 5.87. The SMILES string of the molecule is C=C1CCC2[C@H](CC[C@@H]3[C@@H]2CC[C@]2(C)C(=O)CC[C@@H]32)C1. The Bertz CT molecular complexity index is 451. The van der Waals surface area contributed by atoms with Gasteiger partial charge in [0.2, 0.25) is 0 Å². The van der Waals surface area contributed by atoms with Crippen molar-refractivity contribution in [1.82, 2.24) is 0 Å². The predicted molar refractivity (Wildman–Crippen MR) is 81.3 cm³/mol. The van der Waals surface area contributed by atoms with Gasteiger partial charge in [-0.2, -0.15) is 0 Å². The smallest absolute Gasteiger partial charge is 0.139 e. The van der Waals surface area contributed by atoms with Gasteiger partial charge in [-0.1, -0.05) is 19.1 Å². The van der Waals surface area contributed by atoms with Gasteiger partial charge in [0, 0.05) is 11.8 Å². The summed E-state index contributed by atoms with van der Waals surface area (Å²) in [6.45, 7) is 6.53. The highest BCUT2D eigenvalue weighted by Crippen LogP contribution is 2.61. The summed E-state index contributed by atoms with van der Waals surface area (Å²) in [6, 6.07) is 0. The molecule has 110 valence electrons. The first-order valence-electron chi connectivity index (χ1n) is 8.79. The van der Waals surface area contributed by atoms with E-state index in [9.17, 15) is 4.79 Å². The third-order valence-electron chi connectivity index (χ3n) is 7.61. The summed E-state index contributed by atoms with van der Waals surface area (Å²) >= 11 is 0. The number of carbonyl (C=O) groups excluding carboxylic acids is 1. The number of Topliss-reactive ketones (excluding diaryl/α,β-unsaturated/α-hetero) is 1. The van der Waals surface area contributed by atoms with Crippen molar-refractivity contribution in [2.75, 3.05) is 0 Å². The van der Waals surface area contributed by atoms with Crippen LogP contribution in [0.25, 0.3) is 0 Å². The first-order chi connectivity index (χ1) is 9.59.